The molecule has 1 aromatic heterocycles. The summed E-state index contributed by atoms with van der Waals surface area (Å²) in [5.74, 6) is 0. The van der Waals surface area contributed by atoms with Gasteiger partial charge in [-0.15, -0.1) is 0 Å². The van der Waals surface area contributed by atoms with Gasteiger partial charge in [-0.1, -0.05) is 0 Å². The molecule has 2 heterocycles. The highest BCUT2D eigenvalue weighted by Gasteiger charge is 2.54. The number of carbonyl (C=O) groups excluding carboxylic acids is 1. The maximum atomic E-state index is 12.7. The number of hydrogen-bond donors (Lipinski definition) is 2. The number of likely N-dealkylation sites (tertiary alicyclic amines) is 1. The number of alkyl halides is 3. The fourth-order valence-electron chi connectivity index (χ4n) is 2.48. The quantitative estimate of drug-likeness (QED) is 0.892. The lowest BCUT2D eigenvalue weighted by molar-refractivity contribution is -0.271. The fraction of sp³-hybridized carbons (Fsp3) is 0.643. The Morgan fingerprint density at radius 3 is 2.64 bits per heavy atom. The molecule has 1 aliphatic rings. The van der Waals surface area contributed by atoms with Crippen LogP contribution in [-0.4, -0.2) is 46.9 Å². The summed E-state index contributed by atoms with van der Waals surface area (Å²) in [5.41, 5.74) is -1.56. The van der Waals surface area contributed by atoms with E-state index in [4.69, 9.17) is 0 Å². The lowest BCUT2D eigenvalue weighted by Crippen LogP contribution is -2.56. The van der Waals surface area contributed by atoms with Gasteiger partial charge in [0, 0.05) is 32.0 Å². The van der Waals surface area contributed by atoms with Crippen LogP contribution in [0, 0.1) is 0 Å². The lowest BCUT2D eigenvalue weighted by Gasteiger charge is -2.39. The highest BCUT2D eigenvalue weighted by molar-refractivity contribution is 7.07. The predicted octanol–water partition coefficient (Wildman–Crippen LogP) is 2.78. The molecule has 124 valence electrons. The Bertz CT molecular complexity index is 497. The first-order chi connectivity index (χ1) is 10.2. The second-order valence-corrected chi connectivity index (χ2v) is 6.48. The Morgan fingerprint density at radius 1 is 1.50 bits per heavy atom. The Balaban J connectivity index is 1.82. The Labute approximate surface area is 130 Å². The van der Waals surface area contributed by atoms with E-state index in [0.29, 0.717) is 6.42 Å². The molecular weight excluding hydrogens is 317 g/mol. The van der Waals surface area contributed by atoms with Crippen LogP contribution in [0.4, 0.5) is 18.0 Å². The topological polar surface area (TPSA) is 52.6 Å². The average Bonchev–Trinajstić information content (AvgIpc) is 2.90. The molecule has 0 unspecified atom stereocenters. The third-order valence-electron chi connectivity index (χ3n) is 3.90. The predicted molar refractivity (Wildman–Crippen MR) is 77.8 cm³/mol. The van der Waals surface area contributed by atoms with Gasteiger partial charge in [-0.25, -0.2) is 4.79 Å². The first-order valence-electron chi connectivity index (χ1n) is 7.07. The van der Waals surface area contributed by atoms with Gasteiger partial charge in [-0.3, -0.25) is 0 Å². The monoisotopic (exact) mass is 336 g/mol. The van der Waals surface area contributed by atoms with Crippen molar-refractivity contribution >= 4 is 17.4 Å². The molecule has 8 heteroatoms. The minimum atomic E-state index is -4.65. The molecule has 1 aromatic rings. The molecule has 2 N–H and O–H groups in total. The van der Waals surface area contributed by atoms with Crippen molar-refractivity contribution in [3.63, 3.8) is 0 Å². The third-order valence-corrected chi connectivity index (χ3v) is 4.63. The van der Waals surface area contributed by atoms with Crippen LogP contribution in [0.5, 0.6) is 0 Å². The second kappa shape index (κ2) is 6.45. The molecule has 0 radical (unpaired) electrons. The minimum absolute atomic E-state index is 0.104. The van der Waals surface area contributed by atoms with Crippen LogP contribution in [0.1, 0.15) is 25.3 Å². The van der Waals surface area contributed by atoms with Crippen LogP contribution in [0.3, 0.4) is 0 Å². The fourth-order valence-corrected chi connectivity index (χ4v) is 3.16. The van der Waals surface area contributed by atoms with E-state index in [1.54, 1.807) is 11.3 Å². The van der Waals surface area contributed by atoms with Gasteiger partial charge in [0.15, 0.2) is 5.60 Å². The minimum Gasteiger partial charge on any atom is -0.380 e. The summed E-state index contributed by atoms with van der Waals surface area (Å²) in [5, 5.41) is 16.3. The number of piperidine rings is 1. The summed E-state index contributed by atoms with van der Waals surface area (Å²) in [6.45, 7) is 1.64. The van der Waals surface area contributed by atoms with Crippen molar-refractivity contribution in [2.24, 2.45) is 0 Å². The van der Waals surface area contributed by atoms with Crippen molar-refractivity contribution in [1.29, 1.82) is 0 Å². The number of rotatable bonds is 3. The van der Waals surface area contributed by atoms with Gasteiger partial charge in [0.2, 0.25) is 0 Å². The Hall–Kier alpha value is -1.28. The van der Waals surface area contributed by atoms with Gasteiger partial charge in [0.25, 0.3) is 0 Å². The molecule has 1 aliphatic heterocycles. The number of amides is 2. The van der Waals surface area contributed by atoms with Crippen molar-refractivity contribution in [1.82, 2.24) is 10.2 Å². The zero-order valence-electron chi connectivity index (χ0n) is 12.2. The number of urea groups is 1. The molecule has 2 rings (SSSR count). The molecule has 1 saturated heterocycles. The summed E-state index contributed by atoms with van der Waals surface area (Å²) in [7, 11) is 0. The number of thiophene rings is 1. The van der Waals surface area contributed by atoms with Gasteiger partial charge in [-0.2, -0.15) is 24.5 Å². The summed E-state index contributed by atoms with van der Waals surface area (Å²) in [6, 6.07) is 1.48. The van der Waals surface area contributed by atoms with E-state index in [-0.39, 0.29) is 25.2 Å². The summed E-state index contributed by atoms with van der Waals surface area (Å²) in [6.07, 6.45) is -4.94. The molecule has 0 aromatic carbocycles. The largest absolute Gasteiger partial charge is 0.417 e. The number of hydrogen-bond acceptors (Lipinski definition) is 3. The van der Waals surface area contributed by atoms with Crippen molar-refractivity contribution in [3.8, 4) is 0 Å². The molecule has 0 aliphatic carbocycles. The number of carbonyl (C=O) groups is 1. The zero-order valence-corrected chi connectivity index (χ0v) is 13.0. The molecule has 1 fully saturated rings. The van der Waals surface area contributed by atoms with Crippen molar-refractivity contribution in [2.75, 3.05) is 13.1 Å². The van der Waals surface area contributed by atoms with E-state index < -0.39 is 24.6 Å². The van der Waals surface area contributed by atoms with Crippen LogP contribution < -0.4 is 5.32 Å². The van der Waals surface area contributed by atoms with Crippen LogP contribution in [0.2, 0.25) is 0 Å². The summed E-state index contributed by atoms with van der Waals surface area (Å²) < 4.78 is 38.1. The zero-order chi connectivity index (χ0) is 16.4. The van der Waals surface area contributed by atoms with Crippen molar-refractivity contribution < 1.29 is 23.1 Å². The van der Waals surface area contributed by atoms with E-state index >= 15 is 0 Å². The van der Waals surface area contributed by atoms with E-state index in [9.17, 15) is 23.1 Å². The SMILES string of the molecule is C[C@H](Cc1ccsc1)NC(=O)N1CCC(O)(C(F)(F)F)CC1. The Kier molecular flexibility index (Phi) is 5.01. The first-order valence-corrected chi connectivity index (χ1v) is 8.01. The number of halogens is 3. The molecule has 1 atom stereocenters. The standard InChI is InChI=1S/C14H19F3N2O2S/c1-10(8-11-2-7-22-9-11)18-12(20)19-5-3-13(21,4-6-19)14(15,16)17/h2,7,9-10,21H,3-6,8H2,1H3,(H,18,20)/t10-/m1/s1. The molecule has 22 heavy (non-hydrogen) atoms. The molecule has 0 spiro atoms. The van der Waals surface area contributed by atoms with Gasteiger partial charge in [0.05, 0.1) is 0 Å². The second-order valence-electron chi connectivity index (χ2n) is 5.70. The van der Waals surface area contributed by atoms with Gasteiger partial charge < -0.3 is 15.3 Å². The summed E-state index contributed by atoms with van der Waals surface area (Å²) in [4.78, 5) is 13.4. The first kappa shape index (κ1) is 17.1. The molecular formula is C14H19F3N2O2S. The van der Waals surface area contributed by atoms with Gasteiger partial charge >= 0.3 is 12.2 Å². The smallest absolute Gasteiger partial charge is 0.380 e. The highest BCUT2D eigenvalue weighted by atomic mass is 32.1. The highest BCUT2D eigenvalue weighted by Crippen LogP contribution is 2.38. The van der Waals surface area contributed by atoms with E-state index in [1.807, 2.05) is 23.8 Å². The normalized spacial score (nSPS) is 19.8. The van der Waals surface area contributed by atoms with E-state index in [0.717, 1.165) is 5.56 Å². The number of nitrogens with zero attached hydrogens (tertiary/aromatic N) is 1. The molecule has 0 saturated carbocycles. The molecule has 0 bridgehead atoms. The number of aliphatic hydroxyl groups is 1. The lowest BCUT2D eigenvalue weighted by atomic mass is 9.91. The van der Waals surface area contributed by atoms with Gasteiger partial charge in [-0.05, 0) is 35.7 Å². The van der Waals surface area contributed by atoms with Crippen LogP contribution in [0.25, 0.3) is 0 Å². The molecule has 2 amide bonds. The molecule has 4 nitrogen and oxygen atoms in total. The summed E-state index contributed by atoms with van der Waals surface area (Å²) >= 11 is 1.57. The van der Waals surface area contributed by atoms with E-state index in [2.05, 4.69) is 5.32 Å². The maximum absolute atomic E-state index is 12.7. The third kappa shape index (κ3) is 3.92. The van der Waals surface area contributed by atoms with Crippen LogP contribution in [0.15, 0.2) is 16.8 Å². The van der Waals surface area contributed by atoms with Crippen molar-refractivity contribution in [2.45, 2.75) is 44.0 Å². The average molecular weight is 336 g/mol. The van der Waals surface area contributed by atoms with E-state index in [1.165, 1.54) is 4.90 Å². The number of nitrogens with one attached hydrogen (secondary N) is 1. The van der Waals surface area contributed by atoms with Crippen molar-refractivity contribution in [3.05, 3.63) is 22.4 Å². The Morgan fingerprint density at radius 2 is 2.14 bits per heavy atom. The van der Waals surface area contributed by atoms with Crippen LogP contribution in [-0.2, 0) is 6.42 Å². The maximum Gasteiger partial charge on any atom is 0.417 e. The van der Waals surface area contributed by atoms with Gasteiger partial charge in [0.1, 0.15) is 0 Å². The van der Waals surface area contributed by atoms with Crippen LogP contribution >= 0.6 is 11.3 Å².